The Morgan fingerprint density at radius 3 is 2.67 bits per heavy atom. The third-order valence-corrected chi connectivity index (χ3v) is 2.85. The predicted molar refractivity (Wildman–Crippen MR) is 64.7 cm³/mol. The fourth-order valence-corrected chi connectivity index (χ4v) is 1.89. The van der Waals surface area contributed by atoms with Gasteiger partial charge >= 0.3 is 5.97 Å². The first kappa shape index (κ1) is 12.2. The first-order valence-corrected chi connectivity index (χ1v) is 5.51. The number of non-ortho nitro benzene ring substituents is 1. The Kier molecular flexibility index (Phi) is 3.36. The molecule has 1 aliphatic heterocycles. The van der Waals surface area contributed by atoms with Gasteiger partial charge in [-0.25, -0.2) is 4.79 Å². The molecule has 0 saturated heterocycles. The maximum atomic E-state index is 11.3. The maximum Gasteiger partial charge on any atom is 0.330 e. The van der Waals surface area contributed by atoms with Crippen LogP contribution in [0, 0.1) is 10.1 Å². The van der Waals surface area contributed by atoms with Crippen LogP contribution in [-0.2, 0) is 9.53 Å². The third-order valence-electron chi connectivity index (χ3n) is 2.85. The average Bonchev–Trinajstić information content (AvgIpc) is 2.87. The molecule has 6 nitrogen and oxygen atoms in total. The van der Waals surface area contributed by atoms with E-state index in [0.29, 0.717) is 12.8 Å². The summed E-state index contributed by atoms with van der Waals surface area (Å²) in [4.78, 5) is 25.7. The first-order valence-electron chi connectivity index (χ1n) is 5.51. The molecule has 1 atom stereocenters. The Bertz CT molecular complexity index is 507. The first-order chi connectivity index (χ1) is 8.61. The molecule has 1 aromatic carbocycles. The zero-order valence-electron chi connectivity index (χ0n) is 9.83. The van der Waals surface area contributed by atoms with E-state index < -0.39 is 11.0 Å². The summed E-state index contributed by atoms with van der Waals surface area (Å²) in [6.45, 7) is 0. The smallest absolute Gasteiger partial charge is 0.330 e. The molecule has 0 saturated carbocycles. The second-order valence-electron chi connectivity index (χ2n) is 3.96. The predicted octanol–water partition coefficient (Wildman–Crippen LogP) is 1.72. The summed E-state index contributed by atoms with van der Waals surface area (Å²) in [6, 6.07) is 5.72. The minimum Gasteiger partial charge on any atom is -0.467 e. The molecule has 0 aliphatic carbocycles. The highest BCUT2D eigenvalue weighted by Gasteiger charge is 2.25. The number of methoxy groups -OCH3 is 1. The maximum absolute atomic E-state index is 11.3. The van der Waals surface area contributed by atoms with E-state index in [4.69, 9.17) is 0 Å². The van der Waals surface area contributed by atoms with Crippen molar-refractivity contribution >= 4 is 17.4 Å². The summed E-state index contributed by atoms with van der Waals surface area (Å²) in [5.41, 5.74) is 1.65. The van der Waals surface area contributed by atoms with Gasteiger partial charge in [-0.1, -0.05) is 0 Å². The van der Waals surface area contributed by atoms with Gasteiger partial charge in [-0.2, -0.15) is 0 Å². The molecule has 0 bridgehead atoms. The molecule has 1 aromatic rings. The molecule has 1 unspecified atom stereocenters. The van der Waals surface area contributed by atoms with Crippen molar-refractivity contribution in [3.8, 4) is 0 Å². The lowest BCUT2D eigenvalue weighted by atomic mass is 10.1. The minimum atomic E-state index is -0.447. The summed E-state index contributed by atoms with van der Waals surface area (Å²) >= 11 is 0. The second kappa shape index (κ2) is 4.95. The molecule has 0 N–H and O–H groups in total. The van der Waals surface area contributed by atoms with Crippen molar-refractivity contribution in [1.29, 1.82) is 0 Å². The zero-order valence-corrected chi connectivity index (χ0v) is 9.83. The van der Waals surface area contributed by atoms with Gasteiger partial charge in [0, 0.05) is 17.8 Å². The standard InChI is InChI=1S/C12H12N2O4/c1-18-12(15)11-7-6-10(13-11)8-2-4-9(5-3-8)14(16)17/h2-5,11H,6-7H2,1H3. The summed E-state index contributed by atoms with van der Waals surface area (Å²) in [7, 11) is 1.34. The number of carbonyl (C=O) groups excluding carboxylic acids is 1. The summed E-state index contributed by atoms with van der Waals surface area (Å²) in [6.07, 6.45) is 1.30. The molecule has 0 spiro atoms. The van der Waals surface area contributed by atoms with Crippen molar-refractivity contribution in [2.75, 3.05) is 7.11 Å². The van der Waals surface area contributed by atoms with Crippen LogP contribution in [0.2, 0.25) is 0 Å². The summed E-state index contributed by atoms with van der Waals surface area (Å²) in [5, 5.41) is 10.5. The largest absolute Gasteiger partial charge is 0.467 e. The number of rotatable bonds is 3. The molecule has 6 heteroatoms. The number of carbonyl (C=O) groups is 1. The van der Waals surface area contributed by atoms with Gasteiger partial charge in [-0.3, -0.25) is 15.1 Å². The molecular formula is C12H12N2O4. The number of aliphatic imine (C=N–C) groups is 1. The molecule has 0 amide bonds. The van der Waals surface area contributed by atoms with Crippen molar-refractivity contribution < 1.29 is 14.5 Å². The van der Waals surface area contributed by atoms with E-state index in [1.807, 2.05) is 0 Å². The van der Waals surface area contributed by atoms with Gasteiger partial charge in [0.25, 0.3) is 5.69 Å². The lowest BCUT2D eigenvalue weighted by molar-refractivity contribution is -0.384. The molecule has 0 radical (unpaired) electrons. The number of benzene rings is 1. The van der Waals surface area contributed by atoms with Crippen LogP contribution in [0.3, 0.4) is 0 Å². The fraction of sp³-hybridized carbons (Fsp3) is 0.333. The van der Waals surface area contributed by atoms with Gasteiger partial charge in [0.1, 0.15) is 6.04 Å². The summed E-state index contributed by atoms with van der Waals surface area (Å²) < 4.78 is 4.63. The van der Waals surface area contributed by atoms with Crippen molar-refractivity contribution in [2.45, 2.75) is 18.9 Å². The Hall–Kier alpha value is -2.24. The van der Waals surface area contributed by atoms with Crippen molar-refractivity contribution in [3.05, 3.63) is 39.9 Å². The van der Waals surface area contributed by atoms with Crippen molar-refractivity contribution in [1.82, 2.24) is 0 Å². The van der Waals surface area contributed by atoms with Crippen LogP contribution in [-0.4, -0.2) is 29.8 Å². The number of hydrogen-bond donors (Lipinski definition) is 0. The van der Waals surface area contributed by atoms with E-state index in [-0.39, 0.29) is 11.7 Å². The van der Waals surface area contributed by atoms with Crippen LogP contribution in [0.15, 0.2) is 29.3 Å². The van der Waals surface area contributed by atoms with E-state index in [2.05, 4.69) is 9.73 Å². The molecule has 0 fully saturated rings. The van der Waals surface area contributed by atoms with Crippen LogP contribution in [0.5, 0.6) is 0 Å². The van der Waals surface area contributed by atoms with E-state index in [0.717, 1.165) is 11.3 Å². The van der Waals surface area contributed by atoms with E-state index in [1.165, 1.54) is 19.2 Å². The van der Waals surface area contributed by atoms with Crippen molar-refractivity contribution in [2.24, 2.45) is 4.99 Å². The third kappa shape index (κ3) is 2.37. The van der Waals surface area contributed by atoms with Crippen LogP contribution in [0.25, 0.3) is 0 Å². The van der Waals surface area contributed by atoms with Gasteiger partial charge in [0.2, 0.25) is 0 Å². The minimum absolute atomic E-state index is 0.0434. The van der Waals surface area contributed by atoms with Crippen LogP contribution >= 0.6 is 0 Å². The van der Waals surface area contributed by atoms with Gasteiger partial charge in [-0.05, 0) is 30.5 Å². The average molecular weight is 248 g/mol. The zero-order chi connectivity index (χ0) is 13.1. The van der Waals surface area contributed by atoms with Crippen LogP contribution < -0.4 is 0 Å². The highest BCUT2D eigenvalue weighted by Crippen LogP contribution is 2.21. The van der Waals surface area contributed by atoms with E-state index in [9.17, 15) is 14.9 Å². The van der Waals surface area contributed by atoms with Gasteiger partial charge in [0.15, 0.2) is 0 Å². The quantitative estimate of drug-likeness (QED) is 0.463. The highest BCUT2D eigenvalue weighted by molar-refractivity contribution is 6.03. The molecule has 1 heterocycles. The molecule has 2 rings (SSSR count). The summed E-state index contributed by atoms with van der Waals surface area (Å²) in [5.74, 6) is -0.341. The number of nitro groups is 1. The Morgan fingerprint density at radius 1 is 1.44 bits per heavy atom. The van der Waals surface area contributed by atoms with Gasteiger partial charge < -0.3 is 4.74 Å². The molecule has 0 aromatic heterocycles. The highest BCUT2D eigenvalue weighted by atomic mass is 16.6. The number of nitro benzene ring substituents is 1. The lowest BCUT2D eigenvalue weighted by Crippen LogP contribution is -2.16. The topological polar surface area (TPSA) is 81.8 Å². The Morgan fingerprint density at radius 2 is 2.11 bits per heavy atom. The number of esters is 1. The molecule has 1 aliphatic rings. The number of hydrogen-bond acceptors (Lipinski definition) is 5. The monoisotopic (exact) mass is 248 g/mol. The second-order valence-corrected chi connectivity index (χ2v) is 3.96. The van der Waals surface area contributed by atoms with Gasteiger partial charge in [0.05, 0.1) is 12.0 Å². The number of nitrogens with zero attached hydrogens (tertiary/aromatic N) is 2. The SMILES string of the molecule is COC(=O)C1CCC(c2ccc([N+](=O)[O-])cc2)=N1. The normalized spacial score (nSPS) is 18.3. The Labute approximate surface area is 103 Å². The van der Waals surface area contributed by atoms with E-state index >= 15 is 0 Å². The lowest BCUT2D eigenvalue weighted by Gasteiger charge is -2.01. The van der Waals surface area contributed by atoms with Crippen LogP contribution in [0.4, 0.5) is 5.69 Å². The molecule has 18 heavy (non-hydrogen) atoms. The van der Waals surface area contributed by atoms with E-state index in [1.54, 1.807) is 12.1 Å². The number of ether oxygens (including phenoxy) is 1. The fourth-order valence-electron chi connectivity index (χ4n) is 1.89. The molecular weight excluding hydrogens is 236 g/mol. The van der Waals surface area contributed by atoms with Gasteiger partial charge in [-0.15, -0.1) is 0 Å². The molecule has 94 valence electrons. The van der Waals surface area contributed by atoms with Crippen LogP contribution in [0.1, 0.15) is 18.4 Å². The Balaban J connectivity index is 2.18. The van der Waals surface area contributed by atoms with Crippen molar-refractivity contribution in [3.63, 3.8) is 0 Å².